The Balaban J connectivity index is 2.09. The van der Waals surface area contributed by atoms with E-state index in [2.05, 4.69) is 28.9 Å². The predicted octanol–water partition coefficient (Wildman–Crippen LogP) is 1.18. The first-order valence-corrected chi connectivity index (χ1v) is 5.25. The molecule has 14 heavy (non-hydrogen) atoms. The summed E-state index contributed by atoms with van der Waals surface area (Å²) in [4.78, 5) is 6.69. The summed E-state index contributed by atoms with van der Waals surface area (Å²) in [6, 6.07) is 4.57. The molecule has 0 spiro atoms. The zero-order valence-corrected chi connectivity index (χ0v) is 8.61. The summed E-state index contributed by atoms with van der Waals surface area (Å²) >= 11 is 0. The first kappa shape index (κ1) is 9.46. The van der Waals surface area contributed by atoms with Crippen LogP contribution < -0.4 is 10.6 Å². The van der Waals surface area contributed by atoms with Gasteiger partial charge in [-0.3, -0.25) is 4.98 Å². The van der Waals surface area contributed by atoms with E-state index < -0.39 is 0 Å². The molecule has 1 saturated heterocycles. The molecule has 2 heterocycles. The zero-order chi connectivity index (χ0) is 9.97. The van der Waals surface area contributed by atoms with Crippen LogP contribution in [0.1, 0.15) is 19.0 Å². The fraction of sp³-hybridized carbons (Fsp3) is 0.545. The maximum absolute atomic E-state index is 5.86. The van der Waals surface area contributed by atoms with Crippen LogP contribution in [-0.2, 0) is 6.42 Å². The van der Waals surface area contributed by atoms with Crippen molar-refractivity contribution in [1.82, 2.24) is 4.98 Å². The molecule has 1 aromatic heterocycles. The largest absolute Gasteiger partial charge is 0.369 e. The van der Waals surface area contributed by atoms with E-state index in [-0.39, 0.29) is 0 Å². The van der Waals surface area contributed by atoms with Crippen LogP contribution in [0, 0.1) is 0 Å². The van der Waals surface area contributed by atoms with Crippen LogP contribution in [0.15, 0.2) is 18.3 Å². The maximum Gasteiger partial charge on any atom is 0.0553 e. The number of pyridine rings is 1. The van der Waals surface area contributed by atoms with Gasteiger partial charge in [0.15, 0.2) is 0 Å². The fourth-order valence-corrected chi connectivity index (χ4v) is 1.83. The van der Waals surface area contributed by atoms with Crippen molar-refractivity contribution in [1.29, 1.82) is 0 Å². The highest BCUT2D eigenvalue weighted by atomic mass is 15.2. The minimum atomic E-state index is 0.334. The summed E-state index contributed by atoms with van der Waals surface area (Å²) in [5.74, 6) is 0. The lowest BCUT2D eigenvalue weighted by molar-refractivity contribution is 0.752. The van der Waals surface area contributed by atoms with Gasteiger partial charge in [0.2, 0.25) is 0 Å². The molecule has 1 aliphatic heterocycles. The van der Waals surface area contributed by atoms with Crippen LogP contribution in [0.2, 0.25) is 0 Å². The summed E-state index contributed by atoms with van der Waals surface area (Å²) in [5, 5.41) is 0. The van der Waals surface area contributed by atoms with Crippen LogP contribution in [0.25, 0.3) is 0 Å². The summed E-state index contributed by atoms with van der Waals surface area (Å²) < 4.78 is 0. The third-order valence-corrected chi connectivity index (χ3v) is 2.76. The summed E-state index contributed by atoms with van der Waals surface area (Å²) in [7, 11) is 0. The van der Waals surface area contributed by atoms with Crippen LogP contribution in [0.3, 0.4) is 0 Å². The SMILES string of the molecule is CCc1ccc(N2CCC(N)C2)cn1. The van der Waals surface area contributed by atoms with Gasteiger partial charge in [0.25, 0.3) is 0 Å². The van der Waals surface area contributed by atoms with Gasteiger partial charge >= 0.3 is 0 Å². The molecule has 1 aromatic rings. The van der Waals surface area contributed by atoms with Gasteiger partial charge in [0.1, 0.15) is 0 Å². The van der Waals surface area contributed by atoms with Gasteiger partial charge in [-0.2, -0.15) is 0 Å². The minimum absolute atomic E-state index is 0.334. The van der Waals surface area contributed by atoms with Crippen LogP contribution in [0.4, 0.5) is 5.69 Å². The van der Waals surface area contributed by atoms with Crippen molar-refractivity contribution in [3.63, 3.8) is 0 Å². The highest BCUT2D eigenvalue weighted by Crippen LogP contribution is 2.18. The normalized spacial score (nSPS) is 21.6. The molecule has 2 N–H and O–H groups in total. The number of rotatable bonds is 2. The van der Waals surface area contributed by atoms with E-state index in [1.54, 1.807) is 0 Å². The van der Waals surface area contributed by atoms with Crippen molar-refractivity contribution in [2.45, 2.75) is 25.8 Å². The minimum Gasteiger partial charge on any atom is -0.369 e. The van der Waals surface area contributed by atoms with Crippen molar-refractivity contribution in [3.8, 4) is 0 Å². The first-order valence-electron chi connectivity index (χ1n) is 5.25. The molecule has 0 amide bonds. The molecule has 0 aromatic carbocycles. The van der Waals surface area contributed by atoms with Gasteiger partial charge < -0.3 is 10.6 Å². The third-order valence-electron chi connectivity index (χ3n) is 2.76. The molecule has 0 bridgehead atoms. The Morgan fingerprint density at radius 3 is 2.93 bits per heavy atom. The molecule has 0 saturated carbocycles. The second kappa shape index (κ2) is 3.96. The number of nitrogens with zero attached hydrogens (tertiary/aromatic N) is 2. The number of hydrogen-bond acceptors (Lipinski definition) is 3. The van der Waals surface area contributed by atoms with Crippen LogP contribution in [0.5, 0.6) is 0 Å². The standard InChI is InChI=1S/C11H17N3/c1-2-10-3-4-11(7-13-10)14-6-5-9(12)8-14/h3-4,7,9H,2,5-6,8,12H2,1H3. The average Bonchev–Trinajstić information content (AvgIpc) is 2.65. The molecule has 1 unspecified atom stereocenters. The lowest BCUT2D eigenvalue weighted by atomic mass is 10.3. The third kappa shape index (κ3) is 1.87. The lowest BCUT2D eigenvalue weighted by Gasteiger charge is -2.17. The number of nitrogens with two attached hydrogens (primary N) is 1. The second-order valence-electron chi connectivity index (χ2n) is 3.86. The Labute approximate surface area is 84.9 Å². The molecule has 0 aliphatic carbocycles. The van der Waals surface area contributed by atoms with E-state index in [1.165, 1.54) is 5.69 Å². The molecule has 1 aliphatic rings. The van der Waals surface area contributed by atoms with Crippen molar-refractivity contribution in [3.05, 3.63) is 24.0 Å². The molecule has 1 fully saturated rings. The van der Waals surface area contributed by atoms with Crippen molar-refractivity contribution < 1.29 is 0 Å². The Bertz CT molecular complexity index is 294. The summed E-state index contributed by atoms with van der Waals surface area (Å²) in [6.45, 7) is 4.15. The average molecular weight is 191 g/mol. The van der Waals surface area contributed by atoms with E-state index in [4.69, 9.17) is 5.73 Å². The maximum atomic E-state index is 5.86. The molecular formula is C11H17N3. The van der Waals surface area contributed by atoms with Gasteiger partial charge in [-0.1, -0.05) is 6.92 Å². The smallest absolute Gasteiger partial charge is 0.0553 e. The predicted molar refractivity (Wildman–Crippen MR) is 58.4 cm³/mol. The van der Waals surface area contributed by atoms with Crippen LogP contribution in [-0.4, -0.2) is 24.1 Å². The molecule has 3 heteroatoms. The molecule has 2 rings (SSSR count). The second-order valence-corrected chi connectivity index (χ2v) is 3.86. The Morgan fingerprint density at radius 2 is 2.43 bits per heavy atom. The molecular weight excluding hydrogens is 174 g/mol. The summed E-state index contributed by atoms with van der Waals surface area (Å²) in [6.07, 6.45) is 4.05. The molecule has 1 atom stereocenters. The number of anilines is 1. The number of hydrogen-bond donors (Lipinski definition) is 1. The zero-order valence-electron chi connectivity index (χ0n) is 8.61. The van der Waals surface area contributed by atoms with E-state index >= 15 is 0 Å². The van der Waals surface area contributed by atoms with Crippen molar-refractivity contribution in [2.24, 2.45) is 5.73 Å². The van der Waals surface area contributed by atoms with E-state index in [1.807, 2.05) is 6.20 Å². The molecule has 76 valence electrons. The van der Waals surface area contributed by atoms with Gasteiger partial charge in [0, 0.05) is 24.8 Å². The van der Waals surface area contributed by atoms with E-state index in [9.17, 15) is 0 Å². The number of aromatic nitrogens is 1. The topological polar surface area (TPSA) is 42.1 Å². The van der Waals surface area contributed by atoms with E-state index in [0.29, 0.717) is 6.04 Å². The fourth-order valence-electron chi connectivity index (χ4n) is 1.83. The number of aryl methyl sites for hydroxylation is 1. The van der Waals surface area contributed by atoms with Crippen molar-refractivity contribution >= 4 is 5.69 Å². The quantitative estimate of drug-likeness (QED) is 0.763. The lowest BCUT2D eigenvalue weighted by Crippen LogP contribution is -2.26. The van der Waals surface area contributed by atoms with Gasteiger partial charge in [0.05, 0.1) is 11.9 Å². The Kier molecular flexibility index (Phi) is 2.68. The Hall–Kier alpha value is -1.09. The van der Waals surface area contributed by atoms with Gasteiger partial charge in [-0.15, -0.1) is 0 Å². The van der Waals surface area contributed by atoms with Gasteiger partial charge in [-0.25, -0.2) is 0 Å². The monoisotopic (exact) mass is 191 g/mol. The van der Waals surface area contributed by atoms with Crippen molar-refractivity contribution in [2.75, 3.05) is 18.0 Å². The molecule has 3 nitrogen and oxygen atoms in total. The highest BCUT2D eigenvalue weighted by molar-refractivity contribution is 5.45. The first-order chi connectivity index (χ1) is 6.79. The van der Waals surface area contributed by atoms with Crippen LogP contribution >= 0.6 is 0 Å². The highest BCUT2D eigenvalue weighted by Gasteiger charge is 2.19. The van der Waals surface area contributed by atoms with Gasteiger partial charge in [-0.05, 0) is 25.0 Å². The Morgan fingerprint density at radius 1 is 1.57 bits per heavy atom. The van der Waals surface area contributed by atoms with E-state index in [0.717, 1.165) is 31.6 Å². The summed E-state index contributed by atoms with van der Waals surface area (Å²) in [5.41, 5.74) is 8.21. The molecule has 0 radical (unpaired) electrons.